The van der Waals surface area contributed by atoms with Gasteiger partial charge in [0, 0.05) is 6.20 Å². The molecule has 0 aliphatic carbocycles. The normalized spacial score (nSPS) is 10.9. The number of rotatable bonds is 3. The first-order valence-electron chi connectivity index (χ1n) is 5.97. The topological polar surface area (TPSA) is 56.7 Å². The Morgan fingerprint density at radius 3 is 3.00 bits per heavy atom. The molecule has 0 aromatic carbocycles. The lowest BCUT2D eigenvalue weighted by Crippen LogP contribution is -2.04. The van der Waals surface area contributed by atoms with Crippen LogP contribution in [0.2, 0.25) is 5.15 Å². The van der Waals surface area contributed by atoms with Crippen LogP contribution >= 0.6 is 11.6 Å². The molecule has 0 saturated carbocycles. The molecule has 0 spiro atoms. The number of hydrogen-bond acceptors (Lipinski definition) is 4. The number of esters is 1. The standard InChI is InChI=1S/C14H11ClN2O3/c1-19-14(18)10-5-2-6-17-11(16-13(15)12(10)17)8-9-4-3-7-20-9/h2-7H,8H2,1H3. The smallest absolute Gasteiger partial charge is 0.340 e. The van der Waals surface area contributed by atoms with Crippen molar-refractivity contribution in [3.05, 3.63) is 59.0 Å². The van der Waals surface area contributed by atoms with E-state index < -0.39 is 5.97 Å². The zero-order valence-corrected chi connectivity index (χ0v) is 11.4. The molecule has 0 unspecified atom stereocenters. The number of aromatic nitrogens is 2. The number of carbonyl (C=O) groups excluding carboxylic acids is 1. The molecule has 3 heterocycles. The average molecular weight is 291 g/mol. The summed E-state index contributed by atoms with van der Waals surface area (Å²) in [6, 6.07) is 7.08. The van der Waals surface area contributed by atoms with Crippen LogP contribution in [0.25, 0.3) is 5.52 Å². The molecule has 0 N–H and O–H groups in total. The van der Waals surface area contributed by atoms with E-state index in [-0.39, 0.29) is 5.15 Å². The summed E-state index contributed by atoms with van der Waals surface area (Å²) in [6.45, 7) is 0. The molecule has 6 heteroatoms. The number of nitrogens with zero attached hydrogens (tertiary/aromatic N) is 2. The van der Waals surface area contributed by atoms with Gasteiger partial charge in [-0.3, -0.25) is 0 Å². The first kappa shape index (κ1) is 12.7. The van der Waals surface area contributed by atoms with Gasteiger partial charge in [-0.05, 0) is 24.3 Å². The number of imidazole rings is 1. The quantitative estimate of drug-likeness (QED) is 0.696. The second-order valence-corrected chi connectivity index (χ2v) is 4.57. The summed E-state index contributed by atoms with van der Waals surface area (Å²) in [4.78, 5) is 16.1. The Labute approximate surface area is 119 Å². The van der Waals surface area contributed by atoms with E-state index in [1.807, 2.05) is 12.1 Å². The molecule has 3 rings (SSSR count). The van der Waals surface area contributed by atoms with Crippen molar-refractivity contribution >= 4 is 23.1 Å². The van der Waals surface area contributed by atoms with Gasteiger partial charge in [-0.25, -0.2) is 9.78 Å². The lowest BCUT2D eigenvalue weighted by atomic mass is 10.2. The molecule has 0 atom stereocenters. The van der Waals surface area contributed by atoms with Gasteiger partial charge >= 0.3 is 5.97 Å². The Morgan fingerprint density at radius 2 is 2.30 bits per heavy atom. The van der Waals surface area contributed by atoms with Crippen LogP contribution in [0.4, 0.5) is 0 Å². The molecule has 0 saturated heterocycles. The Hall–Kier alpha value is -2.27. The maximum atomic E-state index is 11.8. The second kappa shape index (κ2) is 5.02. The van der Waals surface area contributed by atoms with Crippen molar-refractivity contribution in [2.75, 3.05) is 7.11 Å². The number of pyridine rings is 1. The highest BCUT2D eigenvalue weighted by molar-refractivity contribution is 6.33. The largest absolute Gasteiger partial charge is 0.469 e. The van der Waals surface area contributed by atoms with Crippen molar-refractivity contribution in [3.63, 3.8) is 0 Å². The minimum atomic E-state index is -0.443. The van der Waals surface area contributed by atoms with Gasteiger partial charge in [-0.1, -0.05) is 11.6 Å². The molecular weight excluding hydrogens is 280 g/mol. The van der Waals surface area contributed by atoms with Crippen molar-refractivity contribution in [1.29, 1.82) is 0 Å². The maximum absolute atomic E-state index is 11.8. The highest BCUT2D eigenvalue weighted by Crippen LogP contribution is 2.24. The van der Waals surface area contributed by atoms with Crippen LogP contribution in [0, 0.1) is 0 Å². The van der Waals surface area contributed by atoms with Gasteiger partial charge in [0.1, 0.15) is 11.6 Å². The Morgan fingerprint density at radius 1 is 1.45 bits per heavy atom. The van der Waals surface area contributed by atoms with Crippen LogP contribution in [0.1, 0.15) is 21.9 Å². The summed E-state index contributed by atoms with van der Waals surface area (Å²) >= 11 is 6.15. The Bertz CT molecular complexity index is 762. The number of carbonyl (C=O) groups is 1. The molecule has 0 amide bonds. The number of furan rings is 1. The monoisotopic (exact) mass is 290 g/mol. The molecule has 0 aliphatic rings. The zero-order valence-electron chi connectivity index (χ0n) is 10.7. The first-order valence-corrected chi connectivity index (χ1v) is 6.34. The summed E-state index contributed by atoms with van der Waals surface area (Å²) < 4.78 is 11.8. The van der Waals surface area contributed by atoms with E-state index in [0.717, 1.165) is 5.76 Å². The number of ether oxygens (including phenoxy) is 1. The van der Waals surface area contributed by atoms with Gasteiger partial charge in [-0.15, -0.1) is 0 Å². The van der Waals surface area contributed by atoms with Crippen LogP contribution in [0.15, 0.2) is 41.1 Å². The number of hydrogen-bond donors (Lipinski definition) is 0. The molecule has 0 fully saturated rings. The number of fused-ring (bicyclic) bond motifs is 1. The third kappa shape index (κ3) is 2.06. The van der Waals surface area contributed by atoms with Crippen molar-refractivity contribution in [2.24, 2.45) is 0 Å². The van der Waals surface area contributed by atoms with Gasteiger partial charge in [-0.2, -0.15) is 0 Å². The van der Waals surface area contributed by atoms with E-state index in [9.17, 15) is 4.79 Å². The molecule has 102 valence electrons. The fourth-order valence-corrected chi connectivity index (χ4v) is 2.41. The SMILES string of the molecule is COC(=O)c1cccn2c(Cc3ccco3)nc(Cl)c12. The molecule has 5 nitrogen and oxygen atoms in total. The predicted octanol–water partition coefficient (Wildman–Crippen LogP) is 2.96. The highest BCUT2D eigenvalue weighted by atomic mass is 35.5. The zero-order chi connectivity index (χ0) is 14.1. The van der Waals surface area contributed by atoms with E-state index in [1.165, 1.54) is 7.11 Å². The first-order chi connectivity index (χ1) is 9.70. The highest BCUT2D eigenvalue weighted by Gasteiger charge is 2.18. The van der Waals surface area contributed by atoms with Crippen LogP contribution in [-0.4, -0.2) is 22.5 Å². The number of halogens is 1. The van der Waals surface area contributed by atoms with Crippen molar-refractivity contribution in [2.45, 2.75) is 6.42 Å². The van der Waals surface area contributed by atoms with E-state index in [0.29, 0.717) is 23.3 Å². The molecule has 20 heavy (non-hydrogen) atoms. The summed E-state index contributed by atoms with van der Waals surface area (Å²) in [7, 11) is 1.33. The van der Waals surface area contributed by atoms with Gasteiger partial charge in [0.2, 0.25) is 0 Å². The second-order valence-electron chi connectivity index (χ2n) is 4.21. The van der Waals surface area contributed by atoms with Gasteiger partial charge in [0.05, 0.1) is 30.9 Å². The summed E-state index contributed by atoms with van der Waals surface area (Å²) in [6.07, 6.45) is 3.90. The third-order valence-electron chi connectivity index (χ3n) is 3.01. The minimum Gasteiger partial charge on any atom is -0.469 e. The molecule has 3 aromatic rings. The van der Waals surface area contributed by atoms with Gasteiger partial charge in [0.25, 0.3) is 0 Å². The van der Waals surface area contributed by atoms with Crippen molar-refractivity contribution < 1.29 is 13.9 Å². The fraction of sp³-hybridized carbons (Fsp3) is 0.143. The fourth-order valence-electron chi connectivity index (χ4n) is 2.12. The van der Waals surface area contributed by atoms with E-state index >= 15 is 0 Å². The van der Waals surface area contributed by atoms with Gasteiger partial charge in [0.15, 0.2) is 5.15 Å². The van der Waals surface area contributed by atoms with Gasteiger partial charge < -0.3 is 13.6 Å². The summed E-state index contributed by atoms with van der Waals surface area (Å²) in [5.41, 5.74) is 0.931. The molecule has 0 bridgehead atoms. The van der Waals surface area contributed by atoms with Crippen LogP contribution < -0.4 is 0 Å². The van der Waals surface area contributed by atoms with Crippen LogP contribution in [0.3, 0.4) is 0 Å². The molecular formula is C14H11ClN2O3. The maximum Gasteiger partial charge on any atom is 0.340 e. The van der Waals surface area contributed by atoms with Crippen molar-refractivity contribution in [3.8, 4) is 0 Å². The summed E-state index contributed by atoms with van der Waals surface area (Å²) in [5, 5.41) is 0.271. The lowest BCUT2D eigenvalue weighted by molar-refractivity contribution is 0.0602. The van der Waals surface area contributed by atoms with Crippen LogP contribution in [0.5, 0.6) is 0 Å². The Kier molecular flexibility index (Phi) is 3.20. The minimum absolute atomic E-state index is 0.271. The van der Waals surface area contributed by atoms with E-state index in [1.54, 1.807) is 29.0 Å². The summed E-state index contributed by atoms with van der Waals surface area (Å²) in [5.74, 6) is 1.03. The molecule has 0 radical (unpaired) electrons. The lowest BCUT2D eigenvalue weighted by Gasteiger charge is -2.03. The van der Waals surface area contributed by atoms with E-state index in [4.69, 9.17) is 20.8 Å². The molecule has 3 aromatic heterocycles. The predicted molar refractivity (Wildman–Crippen MR) is 73.1 cm³/mol. The average Bonchev–Trinajstić information content (AvgIpc) is 3.07. The van der Waals surface area contributed by atoms with Crippen molar-refractivity contribution in [1.82, 2.24) is 9.38 Å². The Balaban J connectivity index is 2.14. The van der Waals surface area contributed by atoms with E-state index in [2.05, 4.69) is 4.98 Å². The molecule has 0 aliphatic heterocycles. The number of methoxy groups -OCH3 is 1. The third-order valence-corrected chi connectivity index (χ3v) is 3.28. The van der Waals surface area contributed by atoms with Crippen LogP contribution in [-0.2, 0) is 11.2 Å².